The van der Waals surface area contributed by atoms with Crippen LogP contribution in [0.25, 0.3) is 0 Å². The second-order valence-corrected chi connectivity index (χ2v) is 6.51. The first-order valence-electron chi connectivity index (χ1n) is 6.25. The maximum absolute atomic E-state index is 6.27. The van der Waals surface area contributed by atoms with E-state index in [9.17, 15) is 0 Å². The highest BCUT2D eigenvalue weighted by Crippen LogP contribution is 2.57. The minimum absolute atomic E-state index is 0.505. The predicted molar refractivity (Wildman–Crippen MR) is 70.1 cm³/mol. The van der Waals surface area contributed by atoms with Gasteiger partial charge in [-0.1, -0.05) is 18.5 Å². The van der Waals surface area contributed by atoms with Gasteiger partial charge >= 0.3 is 0 Å². The molecule has 2 aliphatic carbocycles. The normalized spacial score (nSPS) is 33.8. The Bertz CT molecular complexity index is 366. The first kappa shape index (κ1) is 11.1. The molecule has 3 atom stereocenters. The van der Waals surface area contributed by atoms with Crippen molar-refractivity contribution in [2.24, 2.45) is 17.8 Å². The summed E-state index contributed by atoms with van der Waals surface area (Å²) in [6.07, 6.45) is 4.32. The third-order valence-electron chi connectivity index (χ3n) is 4.10. The highest BCUT2D eigenvalue weighted by molar-refractivity contribution is 7.10. The van der Waals surface area contributed by atoms with E-state index in [-0.39, 0.29) is 0 Å². The van der Waals surface area contributed by atoms with Gasteiger partial charge in [-0.05, 0) is 55.0 Å². The standard InChI is InChI=1S/C13H18ClNS/c1-2-15-12(13-11(14)3-4-16-13)10-6-8-5-9(8)7-10/h3-4,8-10,12,15H,2,5-7H2,1H3. The van der Waals surface area contributed by atoms with E-state index < -0.39 is 0 Å². The van der Waals surface area contributed by atoms with Gasteiger partial charge in [0.2, 0.25) is 0 Å². The summed E-state index contributed by atoms with van der Waals surface area (Å²) in [4.78, 5) is 1.36. The van der Waals surface area contributed by atoms with Crippen molar-refractivity contribution in [3.05, 3.63) is 21.3 Å². The van der Waals surface area contributed by atoms with Gasteiger partial charge in [-0.25, -0.2) is 0 Å². The van der Waals surface area contributed by atoms with Gasteiger partial charge in [0, 0.05) is 10.9 Å². The van der Waals surface area contributed by atoms with E-state index >= 15 is 0 Å². The van der Waals surface area contributed by atoms with Gasteiger partial charge in [-0.15, -0.1) is 11.3 Å². The Morgan fingerprint density at radius 1 is 1.44 bits per heavy atom. The van der Waals surface area contributed by atoms with Gasteiger partial charge in [0.05, 0.1) is 5.02 Å². The second kappa shape index (κ2) is 4.32. The van der Waals surface area contributed by atoms with E-state index in [1.54, 1.807) is 11.3 Å². The van der Waals surface area contributed by atoms with Crippen LogP contribution in [0.3, 0.4) is 0 Å². The lowest BCUT2D eigenvalue weighted by molar-refractivity contribution is 0.351. The number of rotatable bonds is 4. The average molecular weight is 256 g/mol. The van der Waals surface area contributed by atoms with Crippen LogP contribution < -0.4 is 5.32 Å². The Kier molecular flexibility index (Phi) is 2.99. The van der Waals surface area contributed by atoms with Crippen LogP contribution in [0.1, 0.15) is 37.1 Å². The van der Waals surface area contributed by atoms with Gasteiger partial charge < -0.3 is 5.32 Å². The molecule has 1 N–H and O–H groups in total. The average Bonchev–Trinajstić information content (AvgIpc) is 2.71. The number of halogens is 1. The number of hydrogen-bond donors (Lipinski definition) is 1. The highest BCUT2D eigenvalue weighted by Gasteiger charge is 2.48. The van der Waals surface area contributed by atoms with Crippen molar-refractivity contribution in [2.75, 3.05) is 6.54 Å². The zero-order chi connectivity index (χ0) is 11.1. The molecule has 16 heavy (non-hydrogen) atoms. The molecule has 3 unspecified atom stereocenters. The summed E-state index contributed by atoms with van der Waals surface area (Å²) in [6, 6.07) is 2.53. The Balaban J connectivity index is 1.78. The Labute approximate surface area is 106 Å². The summed E-state index contributed by atoms with van der Waals surface area (Å²) in [7, 11) is 0. The zero-order valence-corrected chi connectivity index (χ0v) is 11.2. The molecule has 0 radical (unpaired) electrons. The van der Waals surface area contributed by atoms with Crippen molar-refractivity contribution in [3.8, 4) is 0 Å². The van der Waals surface area contributed by atoms with Crippen LogP contribution >= 0.6 is 22.9 Å². The molecule has 3 heteroatoms. The van der Waals surface area contributed by atoms with Gasteiger partial charge in [0.25, 0.3) is 0 Å². The highest BCUT2D eigenvalue weighted by atomic mass is 35.5. The molecule has 0 aliphatic heterocycles. The van der Waals surface area contributed by atoms with Crippen molar-refractivity contribution >= 4 is 22.9 Å². The minimum Gasteiger partial charge on any atom is -0.309 e. The van der Waals surface area contributed by atoms with Crippen molar-refractivity contribution in [1.82, 2.24) is 5.32 Å². The molecule has 0 aromatic carbocycles. The fourth-order valence-electron chi connectivity index (χ4n) is 3.25. The van der Waals surface area contributed by atoms with E-state index in [0.717, 1.165) is 29.3 Å². The molecule has 3 rings (SSSR count). The molecule has 2 fully saturated rings. The summed E-state index contributed by atoms with van der Waals surface area (Å²) in [6.45, 7) is 3.22. The minimum atomic E-state index is 0.505. The van der Waals surface area contributed by atoms with Crippen molar-refractivity contribution in [2.45, 2.75) is 32.2 Å². The third kappa shape index (κ3) is 1.92. The molecule has 2 saturated carbocycles. The molecule has 0 saturated heterocycles. The number of fused-ring (bicyclic) bond motifs is 1. The summed E-state index contributed by atoms with van der Waals surface area (Å²) < 4.78 is 0. The summed E-state index contributed by atoms with van der Waals surface area (Å²) in [5, 5.41) is 6.70. The molecular formula is C13H18ClNS. The largest absolute Gasteiger partial charge is 0.309 e. The van der Waals surface area contributed by atoms with Crippen LogP contribution in [0.2, 0.25) is 5.02 Å². The Hall–Kier alpha value is -0.0500. The van der Waals surface area contributed by atoms with Gasteiger partial charge in [0.15, 0.2) is 0 Å². The topological polar surface area (TPSA) is 12.0 Å². The zero-order valence-electron chi connectivity index (χ0n) is 9.58. The molecule has 0 spiro atoms. The fourth-order valence-corrected chi connectivity index (χ4v) is 4.60. The molecule has 1 aromatic rings. The lowest BCUT2D eigenvalue weighted by Crippen LogP contribution is -2.27. The van der Waals surface area contributed by atoms with Crippen LogP contribution in [0, 0.1) is 17.8 Å². The van der Waals surface area contributed by atoms with Crippen LogP contribution in [0.4, 0.5) is 0 Å². The molecule has 1 nitrogen and oxygen atoms in total. The van der Waals surface area contributed by atoms with Gasteiger partial charge in [0.1, 0.15) is 0 Å². The maximum Gasteiger partial charge on any atom is 0.0561 e. The molecule has 2 aliphatic rings. The quantitative estimate of drug-likeness (QED) is 0.854. The van der Waals surface area contributed by atoms with Gasteiger partial charge in [-0.3, -0.25) is 0 Å². The van der Waals surface area contributed by atoms with Crippen molar-refractivity contribution in [3.63, 3.8) is 0 Å². The second-order valence-electron chi connectivity index (χ2n) is 5.16. The van der Waals surface area contributed by atoms with Crippen LogP contribution in [0.15, 0.2) is 11.4 Å². The van der Waals surface area contributed by atoms with E-state index in [1.165, 1.54) is 24.1 Å². The van der Waals surface area contributed by atoms with E-state index in [1.807, 2.05) is 6.07 Å². The Morgan fingerprint density at radius 3 is 2.75 bits per heavy atom. The maximum atomic E-state index is 6.27. The van der Waals surface area contributed by atoms with E-state index in [2.05, 4.69) is 17.6 Å². The lowest BCUT2D eigenvalue weighted by atomic mass is 9.93. The third-order valence-corrected chi connectivity index (χ3v) is 5.54. The lowest BCUT2D eigenvalue weighted by Gasteiger charge is -2.25. The van der Waals surface area contributed by atoms with E-state index in [4.69, 9.17) is 11.6 Å². The molecule has 1 heterocycles. The molecular weight excluding hydrogens is 238 g/mol. The number of nitrogens with one attached hydrogen (secondary N) is 1. The van der Waals surface area contributed by atoms with Crippen LogP contribution in [-0.2, 0) is 0 Å². The summed E-state index contributed by atoms with van der Waals surface area (Å²) in [5.74, 6) is 2.91. The summed E-state index contributed by atoms with van der Waals surface area (Å²) >= 11 is 8.07. The first-order chi connectivity index (χ1) is 7.79. The van der Waals surface area contributed by atoms with Gasteiger partial charge in [-0.2, -0.15) is 0 Å². The molecule has 0 amide bonds. The van der Waals surface area contributed by atoms with E-state index in [0.29, 0.717) is 6.04 Å². The predicted octanol–water partition coefficient (Wildman–Crippen LogP) is 4.10. The fraction of sp³-hybridized carbons (Fsp3) is 0.692. The Morgan fingerprint density at radius 2 is 2.19 bits per heavy atom. The van der Waals surface area contributed by atoms with Crippen LogP contribution in [0.5, 0.6) is 0 Å². The smallest absolute Gasteiger partial charge is 0.0561 e. The number of thiophene rings is 1. The van der Waals surface area contributed by atoms with Crippen molar-refractivity contribution < 1.29 is 0 Å². The first-order valence-corrected chi connectivity index (χ1v) is 7.51. The molecule has 88 valence electrons. The summed E-state index contributed by atoms with van der Waals surface area (Å²) in [5.41, 5.74) is 0. The number of hydrogen-bond acceptors (Lipinski definition) is 2. The SMILES string of the molecule is CCNC(c1sccc1Cl)C1CC2CC2C1. The molecule has 1 aromatic heterocycles. The van der Waals surface area contributed by atoms with Crippen LogP contribution in [-0.4, -0.2) is 6.54 Å². The van der Waals surface area contributed by atoms with Crippen molar-refractivity contribution in [1.29, 1.82) is 0 Å². The monoisotopic (exact) mass is 255 g/mol. The molecule has 0 bridgehead atoms.